The third kappa shape index (κ3) is 10.7. The standard InChI is InChI=1S/C16H30O3/c1-4-7-9-11-15(17)12-16(18)19-13-14(6-3)10-8-5-2/h14H,4-13H2,1-3H3. The van der Waals surface area contributed by atoms with Crippen LogP contribution in [0.3, 0.4) is 0 Å². The van der Waals surface area contributed by atoms with Crippen molar-refractivity contribution >= 4 is 11.8 Å². The van der Waals surface area contributed by atoms with E-state index in [2.05, 4.69) is 20.8 Å². The van der Waals surface area contributed by atoms with Crippen molar-refractivity contribution < 1.29 is 14.3 Å². The molecule has 0 bridgehead atoms. The molecule has 3 nitrogen and oxygen atoms in total. The maximum Gasteiger partial charge on any atom is 0.313 e. The summed E-state index contributed by atoms with van der Waals surface area (Å²) in [6.45, 7) is 6.84. The summed E-state index contributed by atoms with van der Waals surface area (Å²) in [7, 11) is 0. The minimum Gasteiger partial charge on any atom is -0.465 e. The van der Waals surface area contributed by atoms with Crippen LogP contribution < -0.4 is 0 Å². The van der Waals surface area contributed by atoms with E-state index in [1.165, 1.54) is 12.8 Å². The zero-order chi connectivity index (χ0) is 14.5. The molecule has 1 unspecified atom stereocenters. The highest BCUT2D eigenvalue weighted by atomic mass is 16.5. The van der Waals surface area contributed by atoms with Crippen molar-refractivity contribution in [3.05, 3.63) is 0 Å². The van der Waals surface area contributed by atoms with Crippen LogP contribution in [0.1, 0.15) is 78.6 Å². The third-order valence-electron chi connectivity index (χ3n) is 3.42. The number of ether oxygens (including phenoxy) is 1. The van der Waals surface area contributed by atoms with Gasteiger partial charge in [0, 0.05) is 6.42 Å². The Morgan fingerprint density at radius 3 is 2.26 bits per heavy atom. The quantitative estimate of drug-likeness (QED) is 0.302. The number of ketones is 1. The van der Waals surface area contributed by atoms with Gasteiger partial charge < -0.3 is 4.74 Å². The summed E-state index contributed by atoms with van der Waals surface area (Å²) in [5, 5.41) is 0. The van der Waals surface area contributed by atoms with Gasteiger partial charge in [-0.05, 0) is 18.8 Å². The van der Waals surface area contributed by atoms with Crippen molar-refractivity contribution in [1.29, 1.82) is 0 Å². The van der Waals surface area contributed by atoms with E-state index in [0.717, 1.165) is 32.1 Å². The van der Waals surface area contributed by atoms with Gasteiger partial charge in [0.1, 0.15) is 12.2 Å². The minimum absolute atomic E-state index is 0.0139. The summed E-state index contributed by atoms with van der Waals surface area (Å²) < 4.78 is 5.21. The van der Waals surface area contributed by atoms with Crippen molar-refractivity contribution in [2.75, 3.05) is 6.61 Å². The molecule has 3 heteroatoms. The molecule has 19 heavy (non-hydrogen) atoms. The summed E-state index contributed by atoms with van der Waals surface area (Å²) in [6, 6.07) is 0. The fraction of sp³-hybridized carbons (Fsp3) is 0.875. The first-order valence-corrected chi connectivity index (χ1v) is 7.81. The average Bonchev–Trinajstić information content (AvgIpc) is 2.39. The van der Waals surface area contributed by atoms with Gasteiger partial charge in [0.2, 0.25) is 0 Å². The second kappa shape index (κ2) is 12.2. The van der Waals surface area contributed by atoms with E-state index >= 15 is 0 Å². The number of unbranched alkanes of at least 4 members (excludes halogenated alkanes) is 3. The predicted octanol–water partition coefficient (Wildman–Crippen LogP) is 4.29. The Morgan fingerprint density at radius 2 is 1.68 bits per heavy atom. The number of carbonyl (C=O) groups excluding carboxylic acids is 2. The van der Waals surface area contributed by atoms with E-state index < -0.39 is 0 Å². The predicted molar refractivity (Wildman–Crippen MR) is 78.0 cm³/mol. The van der Waals surface area contributed by atoms with Crippen LogP contribution in [-0.4, -0.2) is 18.4 Å². The van der Waals surface area contributed by atoms with E-state index in [-0.39, 0.29) is 18.2 Å². The van der Waals surface area contributed by atoms with Gasteiger partial charge >= 0.3 is 5.97 Å². The third-order valence-corrected chi connectivity index (χ3v) is 3.42. The van der Waals surface area contributed by atoms with Crippen LogP contribution in [0.5, 0.6) is 0 Å². The molecule has 0 saturated carbocycles. The molecule has 0 rings (SSSR count). The Hall–Kier alpha value is -0.860. The number of rotatable bonds is 12. The van der Waals surface area contributed by atoms with Crippen LogP contribution in [0.2, 0.25) is 0 Å². The van der Waals surface area contributed by atoms with Gasteiger partial charge in [-0.3, -0.25) is 9.59 Å². The van der Waals surface area contributed by atoms with Crippen molar-refractivity contribution in [1.82, 2.24) is 0 Å². The van der Waals surface area contributed by atoms with Crippen LogP contribution in [0.25, 0.3) is 0 Å². The monoisotopic (exact) mass is 270 g/mol. The van der Waals surface area contributed by atoms with Crippen LogP contribution in [0.15, 0.2) is 0 Å². The van der Waals surface area contributed by atoms with Crippen molar-refractivity contribution in [2.24, 2.45) is 5.92 Å². The molecule has 0 spiro atoms. The molecule has 0 fully saturated rings. The first kappa shape index (κ1) is 18.1. The molecule has 0 amide bonds. The Morgan fingerprint density at radius 1 is 1.00 bits per heavy atom. The van der Waals surface area contributed by atoms with E-state index in [1.807, 2.05) is 0 Å². The molecule has 0 saturated heterocycles. The molecule has 0 radical (unpaired) electrons. The first-order chi connectivity index (χ1) is 9.13. The molecular weight excluding hydrogens is 240 g/mol. The average molecular weight is 270 g/mol. The highest BCUT2D eigenvalue weighted by Crippen LogP contribution is 2.13. The van der Waals surface area contributed by atoms with Gasteiger partial charge in [0.25, 0.3) is 0 Å². The minimum atomic E-state index is -0.351. The number of hydrogen-bond acceptors (Lipinski definition) is 3. The van der Waals surface area contributed by atoms with Crippen molar-refractivity contribution in [3.63, 3.8) is 0 Å². The highest BCUT2D eigenvalue weighted by molar-refractivity contribution is 5.95. The van der Waals surface area contributed by atoms with Crippen molar-refractivity contribution in [3.8, 4) is 0 Å². The number of Topliss-reactive ketones (excluding diaryl/α,β-unsaturated/α-hetero) is 1. The Balaban J connectivity index is 3.74. The van der Waals surface area contributed by atoms with E-state index in [9.17, 15) is 9.59 Å². The molecule has 0 N–H and O–H groups in total. The number of carbonyl (C=O) groups is 2. The topological polar surface area (TPSA) is 43.4 Å². The zero-order valence-electron chi connectivity index (χ0n) is 12.9. The second-order valence-corrected chi connectivity index (χ2v) is 5.27. The molecule has 112 valence electrons. The maximum atomic E-state index is 11.5. The van der Waals surface area contributed by atoms with Crippen LogP contribution in [0.4, 0.5) is 0 Å². The molecular formula is C16H30O3. The molecule has 0 aliphatic carbocycles. The molecule has 0 aromatic rings. The van der Waals surface area contributed by atoms with E-state index in [4.69, 9.17) is 4.74 Å². The van der Waals surface area contributed by atoms with Gasteiger partial charge in [-0.1, -0.05) is 52.9 Å². The smallest absolute Gasteiger partial charge is 0.313 e. The Labute approximate surface area is 118 Å². The molecule has 0 aromatic carbocycles. The van der Waals surface area contributed by atoms with Gasteiger partial charge in [0.05, 0.1) is 6.61 Å². The summed E-state index contributed by atoms with van der Waals surface area (Å²) in [5.41, 5.74) is 0. The second-order valence-electron chi connectivity index (χ2n) is 5.27. The number of esters is 1. The molecule has 0 aromatic heterocycles. The fourth-order valence-corrected chi connectivity index (χ4v) is 1.98. The lowest BCUT2D eigenvalue weighted by Crippen LogP contribution is -2.16. The lowest BCUT2D eigenvalue weighted by molar-refractivity contribution is -0.147. The number of hydrogen-bond donors (Lipinski definition) is 0. The fourth-order valence-electron chi connectivity index (χ4n) is 1.98. The normalized spacial score (nSPS) is 12.2. The lowest BCUT2D eigenvalue weighted by atomic mass is 10.0. The van der Waals surface area contributed by atoms with Gasteiger partial charge in [-0.2, -0.15) is 0 Å². The Bertz CT molecular complexity index is 248. The van der Waals surface area contributed by atoms with Crippen LogP contribution >= 0.6 is 0 Å². The van der Waals surface area contributed by atoms with Crippen LogP contribution in [-0.2, 0) is 14.3 Å². The maximum absolute atomic E-state index is 11.5. The lowest BCUT2D eigenvalue weighted by Gasteiger charge is -2.14. The zero-order valence-corrected chi connectivity index (χ0v) is 12.9. The van der Waals surface area contributed by atoms with Gasteiger partial charge in [-0.25, -0.2) is 0 Å². The first-order valence-electron chi connectivity index (χ1n) is 7.81. The summed E-state index contributed by atoms with van der Waals surface area (Å²) >= 11 is 0. The summed E-state index contributed by atoms with van der Waals surface area (Å²) in [5.74, 6) is 0.107. The van der Waals surface area contributed by atoms with Crippen LogP contribution in [0, 0.1) is 5.92 Å². The van der Waals surface area contributed by atoms with Crippen molar-refractivity contribution in [2.45, 2.75) is 78.6 Å². The molecule has 1 atom stereocenters. The van der Waals surface area contributed by atoms with Gasteiger partial charge in [-0.15, -0.1) is 0 Å². The largest absolute Gasteiger partial charge is 0.465 e. The van der Waals surface area contributed by atoms with Gasteiger partial charge in [0.15, 0.2) is 0 Å². The molecule has 0 aliphatic heterocycles. The highest BCUT2D eigenvalue weighted by Gasteiger charge is 2.13. The molecule has 0 aliphatic rings. The molecule has 0 heterocycles. The van der Waals surface area contributed by atoms with E-state index in [0.29, 0.717) is 18.9 Å². The summed E-state index contributed by atoms with van der Waals surface area (Å²) in [4.78, 5) is 23.1. The SMILES string of the molecule is CCCCCC(=O)CC(=O)OCC(CC)CCCC. The van der Waals surface area contributed by atoms with E-state index in [1.54, 1.807) is 0 Å². The Kier molecular flexibility index (Phi) is 11.6. The summed E-state index contributed by atoms with van der Waals surface area (Å²) in [6.07, 6.45) is 7.96.